The third-order valence-electron chi connectivity index (χ3n) is 2.87. The van der Waals surface area contributed by atoms with Gasteiger partial charge in [0.2, 0.25) is 0 Å². The lowest BCUT2D eigenvalue weighted by atomic mass is 10.2. The summed E-state index contributed by atoms with van der Waals surface area (Å²) in [5.41, 5.74) is 7.10. The Bertz CT molecular complexity index is 485. The van der Waals surface area contributed by atoms with Crippen LogP contribution in [0.5, 0.6) is 0 Å². The molecule has 0 bridgehead atoms. The van der Waals surface area contributed by atoms with E-state index < -0.39 is 0 Å². The van der Waals surface area contributed by atoms with Gasteiger partial charge in [-0.3, -0.25) is 0 Å². The highest BCUT2D eigenvalue weighted by Crippen LogP contribution is 2.12. The molecule has 1 heterocycles. The molecule has 102 valence electrons. The van der Waals surface area contributed by atoms with Crippen LogP contribution in [0.4, 0.5) is 0 Å². The average Bonchev–Trinajstić information content (AvgIpc) is 2.87. The van der Waals surface area contributed by atoms with E-state index in [-0.39, 0.29) is 6.04 Å². The van der Waals surface area contributed by atoms with E-state index in [1.54, 1.807) is 11.8 Å². The minimum absolute atomic E-state index is 0.253. The molecule has 1 atom stereocenters. The largest absolute Gasteiger partial charge is 0.327 e. The van der Waals surface area contributed by atoms with Gasteiger partial charge in [0, 0.05) is 11.8 Å². The first-order valence-electron chi connectivity index (χ1n) is 6.42. The van der Waals surface area contributed by atoms with Crippen LogP contribution in [0.1, 0.15) is 24.7 Å². The van der Waals surface area contributed by atoms with Crippen LogP contribution in [0.3, 0.4) is 0 Å². The number of benzene rings is 1. The third kappa shape index (κ3) is 4.33. The molecule has 2 N–H and O–H groups in total. The minimum Gasteiger partial charge on any atom is -0.327 e. The van der Waals surface area contributed by atoms with Crippen LogP contribution in [0, 0.1) is 0 Å². The van der Waals surface area contributed by atoms with E-state index in [2.05, 4.69) is 34.6 Å². The molecule has 2 rings (SSSR count). The number of nitrogens with zero attached hydrogens (tertiary/aromatic N) is 4. The number of thioether (sulfide) groups is 1. The fourth-order valence-electron chi connectivity index (χ4n) is 1.63. The van der Waals surface area contributed by atoms with E-state index in [1.165, 1.54) is 5.56 Å². The molecule has 19 heavy (non-hydrogen) atoms. The molecule has 0 spiro atoms. The van der Waals surface area contributed by atoms with Crippen LogP contribution in [-0.2, 0) is 12.3 Å². The summed E-state index contributed by atoms with van der Waals surface area (Å²) in [6.45, 7) is 2.81. The van der Waals surface area contributed by atoms with E-state index in [0.29, 0.717) is 6.54 Å². The summed E-state index contributed by atoms with van der Waals surface area (Å²) < 4.78 is 1.85. The predicted octanol–water partition coefficient (Wildman–Crippen LogP) is 1.69. The summed E-state index contributed by atoms with van der Waals surface area (Å²) in [5, 5.41) is 11.9. The van der Waals surface area contributed by atoms with Crippen molar-refractivity contribution in [2.75, 3.05) is 5.75 Å². The van der Waals surface area contributed by atoms with Crippen LogP contribution in [0.25, 0.3) is 0 Å². The van der Waals surface area contributed by atoms with Gasteiger partial charge in [-0.15, -0.1) is 5.10 Å². The summed E-state index contributed by atoms with van der Waals surface area (Å²) in [6, 6.07) is 10.5. The van der Waals surface area contributed by atoms with Gasteiger partial charge in [-0.05, 0) is 22.4 Å². The van der Waals surface area contributed by atoms with E-state index in [1.807, 2.05) is 22.9 Å². The summed E-state index contributed by atoms with van der Waals surface area (Å²) >= 11 is 1.78. The molecular formula is C13H19N5S. The standard InChI is InChI=1S/C13H19N5S/c1-2-12(14)9-19-10-13-15-16-17-18(13)8-11-6-4-3-5-7-11/h3-7,12H,2,8-10,14H2,1H3. The Labute approximate surface area is 117 Å². The molecule has 0 saturated heterocycles. The summed E-state index contributed by atoms with van der Waals surface area (Å²) in [5.74, 6) is 2.64. The van der Waals surface area contributed by atoms with Crippen molar-refractivity contribution in [3.63, 3.8) is 0 Å². The van der Waals surface area contributed by atoms with Gasteiger partial charge in [0.25, 0.3) is 0 Å². The van der Waals surface area contributed by atoms with Gasteiger partial charge in [0.15, 0.2) is 5.82 Å². The molecule has 0 aliphatic heterocycles. The van der Waals surface area contributed by atoms with Crippen LogP contribution < -0.4 is 5.73 Å². The third-order valence-corrected chi connectivity index (χ3v) is 3.99. The Morgan fingerprint density at radius 3 is 2.84 bits per heavy atom. The number of hydrogen-bond acceptors (Lipinski definition) is 5. The van der Waals surface area contributed by atoms with Gasteiger partial charge in [-0.1, -0.05) is 37.3 Å². The SMILES string of the molecule is CCC(N)CSCc1nnnn1Cc1ccccc1. The van der Waals surface area contributed by atoms with Gasteiger partial charge in [0.1, 0.15) is 0 Å². The number of aromatic nitrogens is 4. The average molecular weight is 277 g/mol. The van der Waals surface area contributed by atoms with E-state index in [4.69, 9.17) is 5.73 Å². The molecule has 0 saturated carbocycles. The van der Waals surface area contributed by atoms with Gasteiger partial charge >= 0.3 is 0 Å². The topological polar surface area (TPSA) is 69.6 Å². The maximum atomic E-state index is 5.89. The van der Waals surface area contributed by atoms with Crippen LogP contribution in [-0.4, -0.2) is 32.0 Å². The van der Waals surface area contributed by atoms with E-state index in [0.717, 1.165) is 23.8 Å². The first kappa shape index (κ1) is 14.0. The zero-order valence-corrected chi connectivity index (χ0v) is 11.9. The number of rotatable bonds is 7. The fraction of sp³-hybridized carbons (Fsp3) is 0.462. The van der Waals surface area contributed by atoms with E-state index >= 15 is 0 Å². The van der Waals surface area contributed by atoms with Crippen molar-refractivity contribution in [1.82, 2.24) is 20.2 Å². The van der Waals surface area contributed by atoms with Crippen molar-refractivity contribution in [3.8, 4) is 0 Å². The summed E-state index contributed by atoms with van der Waals surface area (Å²) in [4.78, 5) is 0. The van der Waals surface area contributed by atoms with Crippen LogP contribution >= 0.6 is 11.8 Å². The fourth-order valence-corrected chi connectivity index (χ4v) is 2.67. The maximum Gasteiger partial charge on any atom is 0.161 e. The molecule has 5 nitrogen and oxygen atoms in total. The molecule has 0 radical (unpaired) electrons. The molecule has 0 amide bonds. The summed E-state index contributed by atoms with van der Waals surface area (Å²) in [6.07, 6.45) is 1.00. The summed E-state index contributed by atoms with van der Waals surface area (Å²) in [7, 11) is 0. The first-order chi connectivity index (χ1) is 9.29. The second kappa shape index (κ2) is 7.25. The van der Waals surface area contributed by atoms with Crippen molar-refractivity contribution in [2.45, 2.75) is 31.7 Å². The van der Waals surface area contributed by atoms with Crippen LogP contribution in [0.2, 0.25) is 0 Å². The monoisotopic (exact) mass is 277 g/mol. The number of tetrazole rings is 1. The van der Waals surface area contributed by atoms with Crippen molar-refractivity contribution in [2.24, 2.45) is 5.73 Å². The molecule has 2 aromatic rings. The van der Waals surface area contributed by atoms with E-state index in [9.17, 15) is 0 Å². The quantitative estimate of drug-likeness (QED) is 0.834. The molecule has 6 heteroatoms. The maximum absolute atomic E-state index is 5.89. The highest BCUT2D eigenvalue weighted by Gasteiger charge is 2.07. The first-order valence-corrected chi connectivity index (χ1v) is 7.57. The zero-order chi connectivity index (χ0) is 13.5. The van der Waals surface area contributed by atoms with Crippen molar-refractivity contribution < 1.29 is 0 Å². The molecule has 1 aromatic heterocycles. The molecule has 1 unspecified atom stereocenters. The molecule has 1 aromatic carbocycles. The minimum atomic E-state index is 0.253. The van der Waals surface area contributed by atoms with Gasteiger partial charge in [-0.2, -0.15) is 11.8 Å². The van der Waals surface area contributed by atoms with Crippen molar-refractivity contribution >= 4 is 11.8 Å². The molecule has 0 fully saturated rings. The highest BCUT2D eigenvalue weighted by atomic mass is 32.2. The smallest absolute Gasteiger partial charge is 0.161 e. The lowest BCUT2D eigenvalue weighted by Gasteiger charge is -2.08. The molecular weight excluding hydrogens is 258 g/mol. The van der Waals surface area contributed by atoms with Crippen molar-refractivity contribution in [1.29, 1.82) is 0 Å². The predicted molar refractivity (Wildman–Crippen MR) is 77.8 cm³/mol. The second-order valence-electron chi connectivity index (χ2n) is 4.42. The lowest BCUT2D eigenvalue weighted by molar-refractivity contribution is 0.631. The Balaban J connectivity index is 1.91. The Hall–Kier alpha value is -1.40. The Morgan fingerprint density at radius 1 is 1.32 bits per heavy atom. The van der Waals surface area contributed by atoms with Crippen LogP contribution in [0.15, 0.2) is 30.3 Å². The van der Waals surface area contributed by atoms with Gasteiger partial charge in [-0.25, -0.2) is 4.68 Å². The highest BCUT2D eigenvalue weighted by molar-refractivity contribution is 7.98. The van der Waals surface area contributed by atoms with Gasteiger partial charge in [0.05, 0.1) is 12.3 Å². The van der Waals surface area contributed by atoms with Gasteiger partial charge < -0.3 is 5.73 Å². The Kier molecular flexibility index (Phi) is 5.35. The van der Waals surface area contributed by atoms with Crippen molar-refractivity contribution in [3.05, 3.63) is 41.7 Å². The number of hydrogen-bond donors (Lipinski definition) is 1. The Morgan fingerprint density at radius 2 is 2.11 bits per heavy atom. The number of nitrogens with two attached hydrogens (primary N) is 1. The molecule has 0 aliphatic carbocycles. The molecule has 0 aliphatic rings. The normalized spacial score (nSPS) is 12.5. The lowest BCUT2D eigenvalue weighted by Crippen LogP contribution is -2.21. The zero-order valence-electron chi connectivity index (χ0n) is 11.1. The second-order valence-corrected chi connectivity index (χ2v) is 5.45.